The zero-order valence-electron chi connectivity index (χ0n) is 16.6. The number of amides is 1. The molecule has 0 fully saturated rings. The van der Waals surface area contributed by atoms with Gasteiger partial charge in [-0.05, 0) is 43.8 Å². The van der Waals surface area contributed by atoms with Crippen LogP contribution in [0.3, 0.4) is 0 Å². The van der Waals surface area contributed by atoms with Gasteiger partial charge in [0.1, 0.15) is 16.8 Å². The normalized spacial score (nSPS) is 11.7. The highest BCUT2D eigenvalue weighted by Gasteiger charge is 2.19. The number of hydrogen-bond acceptors (Lipinski definition) is 7. The van der Waals surface area contributed by atoms with E-state index in [1.165, 1.54) is 28.7 Å². The SMILES string of the molecule is Cc1ccc(OC(C)c2nnc(SCC(=O)Nc3sccc3C#N)n2C)c(C)c1. The number of anilines is 1. The van der Waals surface area contributed by atoms with Crippen molar-refractivity contribution < 1.29 is 9.53 Å². The van der Waals surface area contributed by atoms with E-state index in [2.05, 4.69) is 27.6 Å². The Morgan fingerprint density at radius 2 is 2.17 bits per heavy atom. The molecule has 0 spiro atoms. The third-order valence-corrected chi connectivity index (χ3v) is 6.09. The largest absolute Gasteiger partial charge is 0.482 e. The molecule has 1 N–H and O–H groups in total. The molecule has 1 amide bonds. The van der Waals surface area contributed by atoms with Gasteiger partial charge in [0, 0.05) is 7.05 Å². The first-order chi connectivity index (χ1) is 13.9. The molecule has 0 aliphatic heterocycles. The van der Waals surface area contributed by atoms with Crippen molar-refractivity contribution >= 4 is 34.0 Å². The van der Waals surface area contributed by atoms with Gasteiger partial charge in [-0.1, -0.05) is 29.5 Å². The van der Waals surface area contributed by atoms with Crippen LogP contribution in [-0.2, 0) is 11.8 Å². The fraction of sp³-hybridized carbons (Fsp3) is 0.300. The zero-order chi connectivity index (χ0) is 21.0. The number of thioether (sulfide) groups is 1. The summed E-state index contributed by atoms with van der Waals surface area (Å²) >= 11 is 2.61. The predicted octanol–water partition coefficient (Wildman–Crippen LogP) is 4.24. The Kier molecular flexibility index (Phi) is 6.56. The van der Waals surface area contributed by atoms with Crippen LogP contribution in [-0.4, -0.2) is 26.4 Å². The van der Waals surface area contributed by atoms with Gasteiger partial charge >= 0.3 is 0 Å². The fourth-order valence-corrected chi connectivity index (χ4v) is 4.24. The highest BCUT2D eigenvalue weighted by atomic mass is 32.2. The minimum atomic E-state index is -0.290. The first kappa shape index (κ1) is 20.9. The number of nitrogens with zero attached hydrogens (tertiary/aromatic N) is 4. The molecule has 150 valence electrons. The number of ether oxygens (including phenoxy) is 1. The molecule has 0 bridgehead atoms. The number of rotatable bonds is 7. The average Bonchev–Trinajstić information content (AvgIpc) is 3.28. The molecule has 7 nitrogen and oxygen atoms in total. The maximum Gasteiger partial charge on any atom is 0.235 e. The molecular formula is C20H21N5O2S2. The van der Waals surface area contributed by atoms with E-state index in [9.17, 15) is 4.79 Å². The van der Waals surface area contributed by atoms with E-state index in [1.54, 1.807) is 11.4 Å². The van der Waals surface area contributed by atoms with Gasteiger partial charge in [-0.25, -0.2) is 0 Å². The van der Waals surface area contributed by atoms with Gasteiger partial charge in [0.15, 0.2) is 17.1 Å². The highest BCUT2D eigenvalue weighted by molar-refractivity contribution is 7.99. The van der Waals surface area contributed by atoms with Crippen molar-refractivity contribution in [1.29, 1.82) is 5.26 Å². The topological polar surface area (TPSA) is 92.8 Å². The smallest absolute Gasteiger partial charge is 0.235 e. The van der Waals surface area contributed by atoms with Gasteiger partial charge in [0.05, 0.1) is 11.3 Å². The van der Waals surface area contributed by atoms with Crippen LogP contribution in [0.1, 0.15) is 35.5 Å². The zero-order valence-corrected chi connectivity index (χ0v) is 18.2. The molecule has 9 heteroatoms. The molecule has 2 heterocycles. The van der Waals surface area contributed by atoms with Crippen molar-refractivity contribution in [2.45, 2.75) is 32.0 Å². The van der Waals surface area contributed by atoms with Crippen LogP contribution in [0.5, 0.6) is 5.75 Å². The number of benzene rings is 1. The summed E-state index contributed by atoms with van der Waals surface area (Å²) in [4.78, 5) is 12.2. The molecule has 3 rings (SSSR count). The Hall–Kier alpha value is -2.83. The van der Waals surface area contributed by atoms with Crippen LogP contribution in [0.15, 0.2) is 34.8 Å². The maximum atomic E-state index is 12.2. The average molecular weight is 428 g/mol. The first-order valence-electron chi connectivity index (χ1n) is 8.92. The Balaban J connectivity index is 1.61. The van der Waals surface area contributed by atoms with Crippen molar-refractivity contribution in [3.63, 3.8) is 0 Å². The molecule has 0 saturated carbocycles. The third kappa shape index (κ3) is 4.96. The van der Waals surface area contributed by atoms with E-state index in [1.807, 2.05) is 44.5 Å². The lowest BCUT2D eigenvalue weighted by Gasteiger charge is -2.16. The minimum absolute atomic E-state index is 0.168. The summed E-state index contributed by atoms with van der Waals surface area (Å²) in [5, 5.41) is 23.2. The summed E-state index contributed by atoms with van der Waals surface area (Å²) in [6.07, 6.45) is -0.290. The molecule has 1 unspecified atom stereocenters. The van der Waals surface area contributed by atoms with E-state index in [-0.39, 0.29) is 17.8 Å². The van der Waals surface area contributed by atoms with Gasteiger partial charge in [-0.3, -0.25) is 4.79 Å². The Labute approximate surface area is 177 Å². The number of thiophene rings is 1. The van der Waals surface area contributed by atoms with Crippen molar-refractivity contribution in [2.75, 3.05) is 11.1 Å². The quantitative estimate of drug-likeness (QED) is 0.567. The molecule has 0 radical (unpaired) electrons. The molecular weight excluding hydrogens is 406 g/mol. The molecule has 3 aromatic rings. The van der Waals surface area contributed by atoms with Gasteiger partial charge in [0.25, 0.3) is 0 Å². The number of hydrogen-bond donors (Lipinski definition) is 1. The lowest BCUT2D eigenvalue weighted by Crippen LogP contribution is -2.14. The minimum Gasteiger partial charge on any atom is -0.482 e. The molecule has 2 aromatic heterocycles. The van der Waals surface area contributed by atoms with E-state index >= 15 is 0 Å². The number of nitriles is 1. The van der Waals surface area contributed by atoms with E-state index in [0.29, 0.717) is 21.5 Å². The molecule has 1 aromatic carbocycles. The number of carbonyl (C=O) groups is 1. The standard InChI is InChI=1S/C20H21N5O2S2/c1-12-5-6-16(13(2)9-12)27-14(3)18-23-24-20(25(18)4)29-11-17(26)22-19-15(10-21)7-8-28-19/h5-9,14H,11H2,1-4H3,(H,22,26). The second kappa shape index (κ2) is 9.11. The Bertz CT molecular complexity index is 1070. The number of aromatic nitrogens is 3. The fourth-order valence-electron chi connectivity index (χ4n) is 2.77. The van der Waals surface area contributed by atoms with Gasteiger partial charge in [-0.15, -0.1) is 21.5 Å². The van der Waals surface area contributed by atoms with Crippen molar-refractivity contribution in [2.24, 2.45) is 7.05 Å². The van der Waals surface area contributed by atoms with Crippen LogP contribution < -0.4 is 10.1 Å². The Morgan fingerprint density at radius 3 is 2.90 bits per heavy atom. The lowest BCUT2D eigenvalue weighted by atomic mass is 10.1. The van der Waals surface area contributed by atoms with E-state index < -0.39 is 0 Å². The summed E-state index contributed by atoms with van der Waals surface area (Å²) in [6.45, 7) is 5.98. The van der Waals surface area contributed by atoms with E-state index in [4.69, 9.17) is 10.00 Å². The van der Waals surface area contributed by atoms with Crippen molar-refractivity contribution in [3.05, 3.63) is 52.2 Å². The number of aryl methyl sites for hydroxylation is 2. The first-order valence-corrected chi connectivity index (χ1v) is 10.8. The van der Waals surface area contributed by atoms with Gasteiger partial charge in [0.2, 0.25) is 5.91 Å². The van der Waals surface area contributed by atoms with Crippen LogP contribution in [0, 0.1) is 25.2 Å². The van der Waals surface area contributed by atoms with Crippen molar-refractivity contribution in [1.82, 2.24) is 14.8 Å². The lowest BCUT2D eigenvalue weighted by molar-refractivity contribution is -0.113. The van der Waals surface area contributed by atoms with Gasteiger partial charge in [-0.2, -0.15) is 5.26 Å². The van der Waals surface area contributed by atoms with Gasteiger partial charge < -0.3 is 14.6 Å². The molecule has 0 aliphatic rings. The predicted molar refractivity (Wildman–Crippen MR) is 114 cm³/mol. The maximum absolute atomic E-state index is 12.2. The number of nitrogens with one attached hydrogen (secondary N) is 1. The van der Waals surface area contributed by atoms with E-state index in [0.717, 1.165) is 11.3 Å². The summed E-state index contributed by atoms with van der Waals surface area (Å²) < 4.78 is 7.89. The summed E-state index contributed by atoms with van der Waals surface area (Å²) in [6, 6.07) is 9.78. The monoisotopic (exact) mass is 427 g/mol. The molecule has 0 saturated heterocycles. The summed E-state index contributed by atoms with van der Waals surface area (Å²) in [5.74, 6) is 1.46. The van der Waals surface area contributed by atoms with Crippen molar-refractivity contribution in [3.8, 4) is 11.8 Å². The summed E-state index contributed by atoms with van der Waals surface area (Å²) in [5.41, 5.74) is 2.71. The third-order valence-electron chi connectivity index (χ3n) is 4.24. The number of carbonyl (C=O) groups excluding carboxylic acids is 1. The molecule has 0 aliphatic carbocycles. The molecule has 1 atom stereocenters. The highest BCUT2D eigenvalue weighted by Crippen LogP contribution is 2.27. The van der Waals surface area contributed by atoms with Crippen LogP contribution in [0.25, 0.3) is 0 Å². The Morgan fingerprint density at radius 1 is 1.38 bits per heavy atom. The molecule has 29 heavy (non-hydrogen) atoms. The second-order valence-corrected chi connectivity index (χ2v) is 8.40. The van der Waals surface area contributed by atoms with Crippen LogP contribution in [0.4, 0.5) is 5.00 Å². The second-order valence-electron chi connectivity index (χ2n) is 6.54. The van der Waals surface area contributed by atoms with Crippen LogP contribution in [0.2, 0.25) is 0 Å². The summed E-state index contributed by atoms with van der Waals surface area (Å²) in [7, 11) is 1.85. The van der Waals surface area contributed by atoms with Crippen LogP contribution >= 0.6 is 23.1 Å².